The molecule has 1 atom stereocenters. The molecule has 18 heavy (non-hydrogen) atoms. The molecule has 0 nitrogen and oxygen atoms in total. The van der Waals surface area contributed by atoms with E-state index in [1.165, 1.54) is 16.7 Å². The predicted octanol–water partition coefficient (Wildman–Crippen LogP) is 5.21. The van der Waals surface area contributed by atoms with Crippen LogP contribution in [0, 0.1) is 6.92 Å². The van der Waals surface area contributed by atoms with Crippen molar-refractivity contribution >= 4 is 23.2 Å². The number of rotatable bonds is 4. The summed E-state index contributed by atoms with van der Waals surface area (Å²) in [6.07, 6.45) is 0.970. The molecule has 0 saturated carbocycles. The van der Waals surface area contributed by atoms with Gasteiger partial charge in [0, 0.05) is 16.8 Å². The second kappa shape index (κ2) is 6.26. The molecule has 0 spiro atoms. The highest BCUT2D eigenvalue weighted by Crippen LogP contribution is 2.25. The van der Waals surface area contributed by atoms with Crippen LogP contribution in [0.1, 0.15) is 22.6 Å². The summed E-state index contributed by atoms with van der Waals surface area (Å²) in [4.78, 5) is 0. The molecule has 0 N–H and O–H groups in total. The summed E-state index contributed by atoms with van der Waals surface area (Å²) in [5.74, 6) is 0.959. The molecule has 0 radical (unpaired) electrons. The molecule has 0 amide bonds. The van der Waals surface area contributed by atoms with Gasteiger partial charge in [0.15, 0.2) is 0 Å². The maximum Gasteiger partial charge on any atom is 0.0406 e. The van der Waals surface area contributed by atoms with Gasteiger partial charge in [0.1, 0.15) is 0 Å². The largest absolute Gasteiger partial charge is 0.126 e. The van der Waals surface area contributed by atoms with Gasteiger partial charge < -0.3 is 0 Å². The molecular formula is C16H16Cl2. The fourth-order valence-corrected chi connectivity index (χ4v) is 2.51. The molecule has 0 heterocycles. The molecule has 1 unspecified atom stereocenters. The lowest BCUT2D eigenvalue weighted by atomic mass is 9.92. The van der Waals surface area contributed by atoms with Crippen molar-refractivity contribution in [3.63, 3.8) is 0 Å². The Balaban J connectivity index is 2.20. The molecule has 94 valence electrons. The average Bonchev–Trinajstić information content (AvgIpc) is 2.39. The van der Waals surface area contributed by atoms with Crippen LogP contribution in [0.2, 0.25) is 5.02 Å². The van der Waals surface area contributed by atoms with Gasteiger partial charge in [-0.3, -0.25) is 0 Å². The van der Waals surface area contributed by atoms with E-state index in [0.717, 1.165) is 11.4 Å². The molecule has 0 aliphatic heterocycles. The highest BCUT2D eigenvalue weighted by molar-refractivity contribution is 6.30. The molecule has 0 bridgehead atoms. The highest BCUT2D eigenvalue weighted by Gasteiger charge is 2.12. The fourth-order valence-electron chi connectivity index (χ4n) is 2.10. The van der Waals surface area contributed by atoms with E-state index in [2.05, 4.69) is 43.3 Å². The Morgan fingerprint density at radius 1 is 1.00 bits per heavy atom. The summed E-state index contributed by atoms with van der Waals surface area (Å²) in [6.45, 7) is 2.14. The zero-order valence-electron chi connectivity index (χ0n) is 10.4. The van der Waals surface area contributed by atoms with Crippen LogP contribution in [0.5, 0.6) is 0 Å². The zero-order chi connectivity index (χ0) is 13.0. The van der Waals surface area contributed by atoms with Crippen molar-refractivity contribution in [3.05, 3.63) is 70.2 Å². The summed E-state index contributed by atoms with van der Waals surface area (Å²) < 4.78 is 0. The monoisotopic (exact) mass is 278 g/mol. The Hall–Kier alpha value is -0.980. The number of alkyl halides is 1. The van der Waals surface area contributed by atoms with Gasteiger partial charge in [0.25, 0.3) is 0 Å². The lowest BCUT2D eigenvalue weighted by Crippen LogP contribution is -2.05. The zero-order valence-corrected chi connectivity index (χ0v) is 11.9. The van der Waals surface area contributed by atoms with Gasteiger partial charge in [-0.05, 0) is 42.2 Å². The molecular weight excluding hydrogens is 263 g/mol. The van der Waals surface area contributed by atoms with Crippen molar-refractivity contribution in [1.29, 1.82) is 0 Å². The van der Waals surface area contributed by atoms with Crippen molar-refractivity contribution in [2.75, 3.05) is 5.88 Å². The van der Waals surface area contributed by atoms with E-state index in [1.807, 2.05) is 12.1 Å². The molecule has 0 fully saturated rings. The molecule has 2 aromatic rings. The second-order valence-corrected chi connectivity index (χ2v) is 5.28. The SMILES string of the molecule is Cc1ccccc1CC(CCl)c1ccc(Cl)cc1. The van der Waals surface area contributed by atoms with E-state index in [4.69, 9.17) is 23.2 Å². The van der Waals surface area contributed by atoms with Gasteiger partial charge in [-0.25, -0.2) is 0 Å². The Kier molecular flexibility index (Phi) is 4.68. The van der Waals surface area contributed by atoms with Crippen LogP contribution in [0.15, 0.2) is 48.5 Å². The first-order valence-corrected chi connectivity index (χ1v) is 6.98. The molecule has 0 aliphatic rings. The van der Waals surface area contributed by atoms with Crippen LogP contribution >= 0.6 is 23.2 Å². The number of aryl methyl sites for hydroxylation is 1. The third-order valence-corrected chi connectivity index (χ3v) is 3.88. The first-order valence-electron chi connectivity index (χ1n) is 6.06. The second-order valence-electron chi connectivity index (χ2n) is 4.53. The van der Waals surface area contributed by atoms with E-state index >= 15 is 0 Å². The van der Waals surface area contributed by atoms with Crippen molar-refractivity contribution < 1.29 is 0 Å². The topological polar surface area (TPSA) is 0 Å². The van der Waals surface area contributed by atoms with Gasteiger partial charge in [0.05, 0.1) is 0 Å². The van der Waals surface area contributed by atoms with Crippen molar-refractivity contribution in [2.45, 2.75) is 19.3 Å². The Morgan fingerprint density at radius 2 is 1.67 bits per heavy atom. The number of hydrogen-bond acceptors (Lipinski definition) is 0. The third kappa shape index (κ3) is 3.28. The van der Waals surface area contributed by atoms with Gasteiger partial charge >= 0.3 is 0 Å². The van der Waals surface area contributed by atoms with E-state index in [1.54, 1.807) is 0 Å². The van der Waals surface area contributed by atoms with Crippen LogP contribution in [-0.4, -0.2) is 5.88 Å². The summed E-state index contributed by atoms with van der Waals surface area (Å²) >= 11 is 12.0. The molecule has 2 rings (SSSR count). The van der Waals surface area contributed by atoms with Crippen LogP contribution < -0.4 is 0 Å². The van der Waals surface area contributed by atoms with E-state index < -0.39 is 0 Å². The lowest BCUT2D eigenvalue weighted by molar-refractivity contribution is 0.762. The highest BCUT2D eigenvalue weighted by atomic mass is 35.5. The number of hydrogen-bond donors (Lipinski definition) is 0. The van der Waals surface area contributed by atoms with Gasteiger partial charge in [0.2, 0.25) is 0 Å². The van der Waals surface area contributed by atoms with Crippen LogP contribution in [0.25, 0.3) is 0 Å². The van der Waals surface area contributed by atoms with Crippen LogP contribution in [-0.2, 0) is 6.42 Å². The van der Waals surface area contributed by atoms with Crippen LogP contribution in [0.3, 0.4) is 0 Å². The quantitative estimate of drug-likeness (QED) is 0.674. The first kappa shape index (κ1) is 13.5. The summed E-state index contributed by atoms with van der Waals surface area (Å²) in [6, 6.07) is 16.4. The molecule has 0 saturated heterocycles. The molecule has 0 aliphatic carbocycles. The van der Waals surface area contributed by atoms with E-state index in [9.17, 15) is 0 Å². The smallest absolute Gasteiger partial charge is 0.0406 e. The van der Waals surface area contributed by atoms with Gasteiger partial charge in [-0.1, -0.05) is 48.0 Å². The minimum atomic E-state index is 0.338. The summed E-state index contributed by atoms with van der Waals surface area (Å²) in [5.41, 5.74) is 3.93. The predicted molar refractivity (Wildman–Crippen MR) is 79.8 cm³/mol. The number of benzene rings is 2. The average molecular weight is 279 g/mol. The Labute approximate surface area is 119 Å². The van der Waals surface area contributed by atoms with Crippen molar-refractivity contribution in [3.8, 4) is 0 Å². The maximum atomic E-state index is 6.11. The lowest BCUT2D eigenvalue weighted by Gasteiger charge is -2.16. The van der Waals surface area contributed by atoms with Gasteiger partial charge in [-0.15, -0.1) is 11.6 Å². The fraction of sp³-hybridized carbons (Fsp3) is 0.250. The van der Waals surface area contributed by atoms with E-state index in [-0.39, 0.29) is 0 Å². The normalized spacial score (nSPS) is 12.4. The number of halogens is 2. The maximum absolute atomic E-state index is 6.11. The molecule has 2 aromatic carbocycles. The Morgan fingerprint density at radius 3 is 2.28 bits per heavy atom. The van der Waals surface area contributed by atoms with Gasteiger partial charge in [-0.2, -0.15) is 0 Å². The van der Waals surface area contributed by atoms with Crippen molar-refractivity contribution in [2.24, 2.45) is 0 Å². The van der Waals surface area contributed by atoms with E-state index in [0.29, 0.717) is 11.8 Å². The Bertz CT molecular complexity index is 503. The summed E-state index contributed by atoms with van der Waals surface area (Å²) in [7, 11) is 0. The minimum absolute atomic E-state index is 0.338. The molecule has 0 aromatic heterocycles. The summed E-state index contributed by atoms with van der Waals surface area (Å²) in [5, 5.41) is 0.767. The first-order chi connectivity index (χ1) is 8.70. The third-order valence-electron chi connectivity index (χ3n) is 3.26. The van der Waals surface area contributed by atoms with Crippen molar-refractivity contribution in [1.82, 2.24) is 0 Å². The minimum Gasteiger partial charge on any atom is -0.126 e. The molecule has 2 heteroatoms. The van der Waals surface area contributed by atoms with Crippen LogP contribution in [0.4, 0.5) is 0 Å². The standard InChI is InChI=1S/C16H16Cl2/c1-12-4-2-3-5-14(12)10-15(11-17)13-6-8-16(18)9-7-13/h2-9,15H,10-11H2,1H3.